The highest BCUT2D eigenvalue weighted by molar-refractivity contribution is 8.00. The number of aromatic nitrogens is 1. The second-order valence-electron chi connectivity index (χ2n) is 6.30. The average Bonchev–Trinajstić information content (AvgIpc) is 3.17. The van der Waals surface area contributed by atoms with Crippen LogP contribution in [0.4, 0.5) is 5.13 Å². The number of ether oxygens (including phenoxy) is 1. The standard InChI is InChI=1S/C17H19N5O7S2/c1-28-21-11(8-7-31-17(18)19-8)13(25)20-12-14(26)22-9(4-6-30-15(12)22)16(27)29-5-2-3-10(23)24/h4,7,12,15H,2-3,5-6H2,1H3,(H2,18,19)(H,20,25)(H,23,24)/b21-11-/t12?,15-/m1/s1. The summed E-state index contributed by atoms with van der Waals surface area (Å²) in [6.45, 7) is -0.0733. The normalized spacial score (nSPS) is 20.3. The van der Waals surface area contributed by atoms with E-state index >= 15 is 0 Å². The van der Waals surface area contributed by atoms with E-state index in [4.69, 9.17) is 20.4 Å². The lowest BCUT2D eigenvalue weighted by atomic mass is 10.0. The molecule has 0 aromatic carbocycles. The summed E-state index contributed by atoms with van der Waals surface area (Å²) in [5.74, 6) is -2.42. The van der Waals surface area contributed by atoms with E-state index < -0.39 is 35.2 Å². The Morgan fingerprint density at radius 2 is 2.23 bits per heavy atom. The number of rotatable bonds is 9. The van der Waals surface area contributed by atoms with Crippen LogP contribution >= 0.6 is 23.1 Å². The topological polar surface area (TPSA) is 174 Å². The van der Waals surface area contributed by atoms with E-state index in [-0.39, 0.29) is 41.7 Å². The molecule has 1 unspecified atom stereocenters. The number of nitrogens with two attached hydrogens (primary N) is 1. The lowest BCUT2D eigenvalue weighted by Gasteiger charge is -2.48. The molecule has 31 heavy (non-hydrogen) atoms. The largest absolute Gasteiger partial charge is 0.481 e. The lowest BCUT2D eigenvalue weighted by Crippen LogP contribution is -2.70. The Bertz CT molecular complexity index is 960. The smallest absolute Gasteiger partial charge is 0.354 e. The van der Waals surface area contributed by atoms with Gasteiger partial charge in [0.15, 0.2) is 10.8 Å². The second kappa shape index (κ2) is 9.78. The number of oxime groups is 1. The van der Waals surface area contributed by atoms with Gasteiger partial charge in [0.1, 0.15) is 29.9 Å². The monoisotopic (exact) mass is 469 g/mol. The number of amides is 2. The number of anilines is 1. The molecule has 1 fully saturated rings. The minimum Gasteiger partial charge on any atom is -0.481 e. The van der Waals surface area contributed by atoms with Crippen LogP contribution in [0.2, 0.25) is 0 Å². The first kappa shape index (κ1) is 22.6. The summed E-state index contributed by atoms with van der Waals surface area (Å²) >= 11 is 2.50. The van der Waals surface area contributed by atoms with E-state index in [1.54, 1.807) is 6.08 Å². The predicted octanol–water partition coefficient (Wildman–Crippen LogP) is -0.232. The van der Waals surface area contributed by atoms with E-state index in [9.17, 15) is 19.2 Å². The van der Waals surface area contributed by atoms with Gasteiger partial charge in [-0.2, -0.15) is 0 Å². The Balaban J connectivity index is 1.62. The molecule has 0 radical (unpaired) electrons. The number of aliphatic carboxylic acids is 1. The summed E-state index contributed by atoms with van der Waals surface area (Å²) in [6.07, 6.45) is 1.60. The number of carbonyl (C=O) groups is 4. The van der Waals surface area contributed by atoms with Gasteiger partial charge < -0.3 is 25.7 Å². The van der Waals surface area contributed by atoms with Crippen molar-refractivity contribution in [1.29, 1.82) is 0 Å². The Morgan fingerprint density at radius 1 is 1.45 bits per heavy atom. The number of carboxylic acid groups (broad SMARTS) is 1. The van der Waals surface area contributed by atoms with E-state index in [0.29, 0.717) is 5.75 Å². The zero-order valence-corrected chi connectivity index (χ0v) is 17.9. The summed E-state index contributed by atoms with van der Waals surface area (Å²) in [6, 6.07) is -0.876. The molecule has 0 saturated carbocycles. The minimum absolute atomic E-state index is 0.0733. The maximum Gasteiger partial charge on any atom is 0.354 e. The zero-order valence-electron chi connectivity index (χ0n) is 16.3. The number of carboxylic acids is 1. The molecule has 2 aliphatic rings. The molecule has 3 rings (SSSR count). The quantitative estimate of drug-likeness (QED) is 0.144. The third kappa shape index (κ3) is 4.96. The maximum absolute atomic E-state index is 12.7. The first-order valence-corrected chi connectivity index (χ1v) is 10.9. The van der Waals surface area contributed by atoms with Gasteiger partial charge in [-0.1, -0.05) is 5.16 Å². The van der Waals surface area contributed by atoms with Gasteiger partial charge in [-0.15, -0.1) is 23.1 Å². The van der Waals surface area contributed by atoms with Crippen LogP contribution in [0, 0.1) is 0 Å². The molecule has 3 heterocycles. The van der Waals surface area contributed by atoms with Crippen molar-refractivity contribution in [3.05, 3.63) is 22.8 Å². The molecule has 1 aromatic rings. The van der Waals surface area contributed by atoms with Crippen LogP contribution in [-0.4, -0.2) is 75.3 Å². The molecule has 4 N–H and O–H groups in total. The van der Waals surface area contributed by atoms with Gasteiger partial charge in [0.25, 0.3) is 11.8 Å². The van der Waals surface area contributed by atoms with E-state index in [1.165, 1.54) is 29.2 Å². The van der Waals surface area contributed by atoms with Gasteiger partial charge in [-0.05, 0) is 12.5 Å². The summed E-state index contributed by atoms with van der Waals surface area (Å²) < 4.78 is 5.06. The van der Waals surface area contributed by atoms with Crippen molar-refractivity contribution in [2.24, 2.45) is 5.16 Å². The van der Waals surface area contributed by atoms with Gasteiger partial charge in [0.2, 0.25) is 0 Å². The zero-order chi connectivity index (χ0) is 22.5. The molecule has 166 valence electrons. The van der Waals surface area contributed by atoms with Crippen LogP contribution in [-0.2, 0) is 28.8 Å². The SMILES string of the molecule is CO/N=C(\C(=O)NC1C(=O)N2C(C(=O)OCCCC(=O)O)=CCS[C@H]12)c1csc(N)n1. The molecule has 2 aliphatic heterocycles. The molecular formula is C17H19N5O7S2. The summed E-state index contributed by atoms with van der Waals surface area (Å²) in [7, 11) is 1.27. The van der Waals surface area contributed by atoms with Crippen molar-refractivity contribution in [3.63, 3.8) is 0 Å². The number of β-lactam (4-membered cyclic amide) rings is 1. The van der Waals surface area contributed by atoms with Crippen molar-refractivity contribution in [3.8, 4) is 0 Å². The summed E-state index contributed by atoms with van der Waals surface area (Å²) in [5, 5.41) is 16.2. The fraction of sp³-hybridized carbons (Fsp3) is 0.412. The molecule has 1 saturated heterocycles. The van der Waals surface area contributed by atoms with E-state index in [2.05, 4.69) is 15.5 Å². The number of thiazole rings is 1. The van der Waals surface area contributed by atoms with Crippen LogP contribution in [0.3, 0.4) is 0 Å². The van der Waals surface area contributed by atoms with Crippen LogP contribution < -0.4 is 11.1 Å². The molecule has 2 atom stereocenters. The lowest BCUT2D eigenvalue weighted by molar-refractivity contribution is -0.152. The van der Waals surface area contributed by atoms with Crippen LogP contribution in [0.15, 0.2) is 22.3 Å². The number of nitrogen functional groups attached to an aromatic ring is 1. The molecule has 0 spiro atoms. The van der Waals surface area contributed by atoms with Gasteiger partial charge in [-0.25, -0.2) is 9.78 Å². The fourth-order valence-corrected chi connectivity index (χ4v) is 4.64. The van der Waals surface area contributed by atoms with Crippen molar-refractivity contribution in [1.82, 2.24) is 15.2 Å². The third-order valence-corrected chi connectivity index (χ3v) is 6.13. The number of nitrogens with zero attached hydrogens (tertiary/aromatic N) is 3. The number of esters is 1. The number of thioether (sulfide) groups is 1. The van der Waals surface area contributed by atoms with Gasteiger partial charge in [0.05, 0.1) is 6.61 Å². The molecule has 0 aliphatic carbocycles. The third-order valence-electron chi connectivity index (χ3n) is 4.27. The van der Waals surface area contributed by atoms with Gasteiger partial charge in [0, 0.05) is 17.6 Å². The molecule has 1 aromatic heterocycles. The van der Waals surface area contributed by atoms with E-state index in [1.807, 2.05) is 0 Å². The molecule has 14 heteroatoms. The van der Waals surface area contributed by atoms with Crippen molar-refractivity contribution in [2.75, 3.05) is 25.2 Å². The average molecular weight is 470 g/mol. The van der Waals surface area contributed by atoms with Crippen LogP contribution in [0.5, 0.6) is 0 Å². The fourth-order valence-electron chi connectivity index (χ4n) is 2.89. The highest BCUT2D eigenvalue weighted by Gasteiger charge is 2.53. The van der Waals surface area contributed by atoms with Crippen LogP contribution in [0.1, 0.15) is 18.5 Å². The predicted molar refractivity (Wildman–Crippen MR) is 111 cm³/mol. The molecule has 12 nitrogen and oxygen atoms in total. The van der Waals surface area contributed by atoms with Crippen LogP contribution in [0.25, 0.3) is 0 Å². The van der Waals surface area contributed by atoms with Crippen molar-refractivity contribution < 1.29 is 33.9 Å². The maximum atomic E-state index is 12.7. The van der Waals surface area contributed by atoms with E-state index in [0.717, 1.165) is 11.3 Å². The number of nitrogens with one attached hydrogen (secondary N) is 1. The minimum atomic E-state index is -0.988. The number of hydrogen-bond acceptors (Lipinski definition) is 11. The number of carbonyl (C=O) groups excluding carboxylic acids is 3. The molecule has 2 amide bonds. The second-order valence-corrected chi connectivity index (χ2v) is 8.34. The first-order valence-electron chi connectivity index (χ1n) is 9.00. The Kier molecular flexibility index (Phi) is 7.12. The Labute approximate surface area is 184 Å². The number of hydrogen-bond donors (Lipinski definition) is 3. The van der Waals surface area contributed by atoms with Gasteiger partial charge in [-0.3, -0.25) is 19.3 Å². The van der Waals surface area contributed by atoms with Crippen molar-refractivity contribution in [2.45, 2.75) is 24.3 Å². The summed E-state index contributed by atoms with van der Waals surface area (Å²) in [5.41, 5.74) is 5.76. The molecule has 0 bridgehead atoms. The first-order chi connectivity index (χ1) is 14.8. The highest BCUT2D eigenvalue weighted by atomic mass is 32.2. The summed E-state index contributed by atoms with van der Waals surface area (Å²) in [4.78, 5) is 58.1. The molecular weight excluding hydrogens is 450 g/mol. The van der Waals surface area contributed by atoms with Gasteiger partial charge >= 0.3 is 11.9 Å². The Morgan fingerprint density at radius 3 is 2.87 bits per heavy atom. The Hall–Kier alpha value is -3.13. The van der Waals surface area contributed by atoms with Crippen molar-refractivity contribution >= 4 is 57.7 Å². The number of fused-ring (bicyclic) bond motifs is 1. The highest BCUT2D eigenvalue weighted by Crippen LogP contribution is 2.37.